The normalized spacial score (nSPS) is 11.2. The van der Waals surface area contributed by atoms with Gasteiger partial charge < -0.3 is 9.84 Å². The smallest absolute Gasteiger partial charge is 0.411 e. The molecule has 0 aliphatic rings. The number of hydrazine groups is 1. The molecule has 0 spiro atoms. The molecule has 0 unspecified atom stereocenters. The van der Waals surface area contributed by atoms with Crippen LogP contribution < -0.4 is 10.9 Å². The van der Waals surface area contributed by atoms with E-state index in [1.54, 1.807) is 30.3 Å². The van der Waals surface area contributed by atoms with Gasteiger partial charge >= 0.3 is 6.18 Å². The quantitative estimate of drug-likeness (QED) is 0.518. The molecule has 3 aromatic rings. The molecule has 0 bridgehead atoms. The van der Waals surface area contributed by atoms with Gasteiger partial charge in [-0.05, 0) is 29.8 Å². The molecule has 2 amide bonds. The second-order valence-corrected chi connectivity index (χ2v) is 6.36. The molecular weight excluding hydrogens is 417 g/mol. The van der Waals surface area contributed by atoms with Crippen LogP contribution in [0, 0.1) is 0 Å². The lowest BCUT2D eigenvalue weighted by Crippen LogP contribution is -2.41. The molecule has 1 heterocycles. The monoisotopic (exact) mass is 434 g/mol. The Balaban J connectivity index is 1.55. The van der Waals surface area contributed by atoms with Gasteiger partial charge in [-0.15, -0.1) is 0 Å². The van der Waals surface area contributed by atoms with Crippen molar-refractivity contribution in [3.05, 3.63) is 77.6 Å². The van der Waals surface area contributed by atoms with Crippen molar-refractivity contribution >= 4 is 11.8 Å². The zero-order chi connectivity index (χ0) is 22.4. The fourth-order valence-corrected chi connectivity index (χ4v) is 2.52. The molecule has 0 aliphatic heterocycles. The van der Waals surface area contributed by atoms with Crippen LogP contribution in [-0.4, -0.2) is 39.5 Å². The standard InChI is InChI=1S/C20H17F3N4O4/c21-20(22,23)12-31-11-13-6-8-14(9-7-13)18(29)24-25-19(30)17-16(28)10-27(26-17)15-4-2-1-3-5-15/h1-10,28H,11-12H2,(H,24,29)(H,25,30). The number of hydrogen-bond acceptors (Lipinski definition) is 5. The molecule has 3 rings (SSSR count). The Morgan fingerprint density at radius 1 is 1.00 bits per heavy atom. The number of nitrogens with zero attached hydrogens (tertiary/aromatic N) is 2. The molecule has 3 N–H and O–H groups in total. The average molecular weight is 434 g/mol. The van der Waals surface area contributed by atoms with E-state index in [1.807, 2.05) is 0 Å². The molecule has 2 aromatic carbocycles. The summed E-state index contributed by atoms with van der Waals surface area (Å²) in [5.41, 5.74) is 5.25. The number of aromatic nitrogens is 2. The Morgan fingerprint density at radius 2 is 1.65 bits per heavy atom. The highest BCUT2D eigenvalue weighted by Crippen LogP contribution is 2.18. The molecule has 0 radical (unpaired) electrons. The molecule has 1 aromatic heterocycles. The van der Waals surface area contributed by atoms with E-state index in [0.717, 1.165) is 0 Å². The van der Waals surface area contributed by atoms with Crippen LogP contribution in [0.3, 0.4) is 0 Å². The number of carbonyl (C=O) groups is 2. The van der Waals surface area contributed by atoms with Gasteiger partial charge in [0, 0.05) is 5.56 Å². The summed E-state index contributed by atoms with van der Waals surface area (Å²) >= 11 is 0. The molecule has 0 aliphatic carbocycles. The van der Waals surface area contributed by atoms with Gasteiger partial charge in [0.1, 0.15) is 6.61 Å². The number of nitrogens with one attached hydrogen (secondary N) is 2. The van der Waals surface area contributed by atoms with E-state index in [9.17, 15) is 27.9 Å². The summed E-state index contributed by atoms with van der Waals surface area (Å²) in [5.74, 6) is -1.88. The molecule has 0 atom stereocenters. The van der Waals surface area contributed by atoms with E-state index in [0.29, 0.717) is 11.3 Å². The number of alkyl halides is 3. The van der Waals surface area contributed by atoms with Crippen LogP contribution >= 0.6 is 0 Å². The van der Waals surface area contributed by atoms with Crippen molar-refractivity contribution in [2.75, 3.05) is 6.61 Å². The Kier molecular flexibility index (Phi) is 6.55. The molecule has 0 saturated carbocycles. The van der Waals surface area contributed by atoms with E-state index in [1.165, 1.54) is 35.1 Å². The number of para-hydroxylation sites is 1. The number of hydrogen-bond donors (Lipinski definition) is 3. The van der Waals surface area contributed by atoms with Crippen molar-refractivity contribution in [2.24, 2.45) is 0 Å². The number of halogens is 3. The van der Waals surface area contributed by atoms with Gasteiger partial charge in [-0.3, -0.25) is 20.4 Å². The summed E-state index contributed by atoms with van der Waals surface area (Å²) in [4.78, 5) is 24.4. The first kappa shape index (κ1) is 21.8. The molecule has 11 heteroatoms. The predicted molar refractivity (Wildman–Crippen MR) is 102 cm³/mol. The zero-order valence-corrected chi connectivity index (χ0v) is 15.9. The number of rotatable bonds is 6. The minimum absolute atomic E-state index is 0.152. The third kappa shape index (κ3) is 6.06. The topological polar surface area (TPSA) is 105 Å². The van der Waals surface area contributed by atoms with E-state index in [4.69, 9.17) is 0 Å². The number of amides is 2. The van der Waals surface area contributed by atoms with Gasteiger partial charge in [0.25, 0.3) is 11.8 Å². The Morgan fingerprint density at radius 3 is 2.29 bits per heavy atom. The summed E-state index contributed by atoms with van der Waals surface area (Å²) < 4.78 is 42.1. The van der Waals surface area contributed by atoms with Crippen LogP contribution in [0.15, 0.2) is 60.8 Å². The second kappa shape index (κ2) is 9.30. The van der Waals surface area contributed by atoms with Crippen molar-refractivity contribution in [2.45, 2.75) is 12.8 Å². The Labute approximate surface area is 174 Å². The van der Waals surface area contributed by atoms with Crippen LogP contribution in [0.1, 0.15) is 26.4 Å². The van der Waals surface area contributed by atoms with Crippen LogP contribution in [0.4, 0.5) is 13.2 Å². The van der Waals surface area contributed by atoms with Gasteiger partial charge in [-0.1, -0.05) is 30.3 Å². The zero-order valence-electron chi connectivity index (χ0n) is 15.9. The Hall–Kier alpha value is -3.86. The lowest BCUT2D eigenvalue weighted by Gasteiger charge is -2.09. The number of carbonyl (C=O) groups excluding carboxylic acids is 2. The Bertz CT molecular complexity index is 1050. The molecule has 0 saturated heterocycles. The van der Waals surface area contributed by atoms with Gasteiger partial charge in [0.15, 0.2) is 11.4 Å². The summed E-state index contributed by atoms with van der Waals surface area (Å²) in [7, 11) is 0. The summed E-state index contributed by atoms with van der Waals surface area (Å²) in [6.45, 7) is -1.63. The van der Waals surface area contributed by atoms with E-state index < -0.39 is 24.6 Å². The largest absolute Gasteiger partial charge is 0.504 e. The van der Waals surface area contributed by atoms with Crippen LogP contribution in [0.2, 0.25) is 0 Å². The molecule has 0 fully saturated rings. The third-order valence-corrected chi connectivity index (χ3v) is 3.97. The van der Waals surface area contributed by atoms with Crippen molar-refractivity contribution in [3.8, 4) is 11.4 Å². The molecular formula is C20H17F3N4O4. The third-order valence-electron chi connectivity index (χ3n) is 3.97. The van der Waals surface area contributed by atoms with Crippen molar-refractivity contribution in [1.82, 2.24) is 20.6 Å². The number of aromatic hydroxyl groups is 1. The SMILES string of the molecule is O=C(NNC(=O)c1nn(-c2ccccc2)cc1O)c1ccc(COCC(F)(F)F)cc1. The summed E-state index contributed by atoms with van der Waals surface area (Å²) in [6, 6.07) is 14.4. The van der Waals surface area contributed by atoms with Gasteiger partial charge in [0.2, 0.25) is 0 Å². The number of ether oxygens (including phenoxy) is 1. The van der Waals surface area contributed by atoms with E-state index >= 15 is 0 Å². The highest BCUT2D eigenvalue weighted by molar-refractivity contribution is 5.99. The highest BCUT2D eigenvalue weighted by Gasteiger charge is 2.27. The first-order valence-electron chi connectivity index (χ1n) is 8.91. The van der Waals surface area contributed by atoms with Crippen LogP contribution in [0.25, 0.3) is 5.69 Å². The van der Waals surface area contributed by atoms with Crippen molar-refractivity contribution in [3.63, 3.8) is 0 Å². The average Bonchev–Trinajstić information content (AvgIpc) is 3.14. The van der Waals surface area contributed by atoms with E-state index in [-0.39, 0.29) is 23.6 Å². The maximum Gasteiger partial charge on any atom is 0.411 e. The van der Waals surface area contributed by atoms with Gasteiger partial charge in [0.05, 0.1) is 18.5 Å². The molecule has 31 heavy (non-hydrogen) atoms. The first-order chi connectivity index (χ1) is 14.7. The maximum absolute atomic E-state index is 12.2. The van der Waals surface area contributed by atoms with Crippen LogP contribution in [-0.2, 0) is 11.3 Å². The minimum Gasteiger partial charge on any atom is -0.504 e. The molecule has 162 valence electrons. The second-order valence-electron chi connectivity index (χ2n) is 6.36. The van der Waals surface area contributed by atoms with Crippen molar-refractivity contribution in [1.29, 1.82) is 0 Å². The predicted octanol–water partition coefficient (Wildman–Crippen LogP) is 2.73. The first-order valence-corrected chi connectivity index (χ1v) is 8.91. The fourth-order valence-electron chi connectivity index (χ4n) is 2.52. The lowest BCUT2D eigenvalue weighted by atomic mass is 10.1. The maximum atomic E-state index is 12.2. The van der Waals surface area contributed by atoms with Gasteiger partial charge in [-0.2, -0.15) is 18.3 Å². The lowest BCUT2D eigenvalue weighted by molar-refractivity contribution is -0.176. The minimum atomic E-state index is -4.41. The summed E-state index contributed by atoms with van der Waals surface area (Å²) in [5, 5.41) is 14.0. The van der Waals surface area contributed by atoms with Crippen LogP contribution in [0.5, 0.6) is 5.75 Å². The van der Waals surface area contributed by atoms with Gasteiger partial charge in [-0.25, -0.2) is 4.68 Å². The summed E-state index contributed by atoms with van der Waals surface area (Å²) in [6.07, 6.45) is -3.16. The van der Waals surface area contributed by atoms with Crippen molar-refractivity contribution < 1.29 is 32.6 Å². The fraction of sp³-hybridized carbons (Fsp3) is 0.150. The number of benzene rings is 2. The molecule has 8 nitrogen and oxygen atoms in total. The van der Waals surface area contributed by atoms with E-state index in [2.05, 4.69) is 20.7 Å². The highest BCUT2D eigenvalue weighted by atomic mass is 19.4.